The van der Waals surface area contributed by atoms with Crippen molar-refractivity contribution < 1.29 is 9.59 Å². The standard InChI is InChI=1S/C15H26N2O2/c1-5-6-12-15(19)17(11(4)14(18)16-12)13-8-7-9(2)10(13)3/h9-13H,5-8H2,1-4H3,(H,16,18). The number of amides is 2. The second kappa shape index (κ2) is 5.51. The summed E-state index contributed by atoms with van der Waals surface area (Å²) in [6.45, 7) is 8.35. The highest BCUT2D eigenvalue weighted by atomic mass is 16.2. The lowest BCUT2D eigenvalue weighted by atomic mass is 9.93. The summed E-state index contributed by atoms with van der Waals surface area (Å²) in [7, 11) is 0. The second-order valence-electron chi connectivity index (χ2n) is 6.25. The molecule has 108 valence electrons. The van der Waals surface area contributed by atoms with Crippen LogP contribution in [-0.2, 0) is 9.59 Å². The topological polar surface area (TPSA) is 49.4 Å². The van der Waals surface area contributed by atoms with Crippen LogP contribution in [0, 0.1) is 11.8 Å². The Balaban J connectivity index is 2.20. The maximum atomic E-state index is 12.6. The lowest BCUT2D eigenvalue weighted by Gasteiger charge is -2.42. The molecule has 1 aliphatic carbocycles. The molecular formula is C15H26N2O2. The summed E-state index contributed by atoms with van der Waals surface area (Å²) in [5.41, 5.74) is 0. The zero-order chi connectivity index (χ0) is 14.2. The molecule has 19 heavy (non-hydrogen) atoms. The molecule has 4 heteroatoms. The number of carbonyl (C=O) groups is 2. The first kappa shape index (κ1) is 14.4. The van der Waals surface area contributed by atoms with Crippen molar-refractivity contribution in [1.29, 1.82) is 0 Å². The Morgan fingerprint density at radius 2 is 1.89 bits per heavy atom. The molecule has 1 saturated carbocycles. The quantitative estimate of drug-likeness (QED) is 0.848. The van der Waals surface area contributed by atoms with Gasteiger partial charge in [-0.15, -0.1) is 0 Å². The van der Waals surface area contributed by atoms with Crippen LogP contribution in [0.25, 0.3) is 0 Å². The van der Waals surface area contributed by atoms with Gasteiger partial charge in [0.25, 0.3) is 0 Å². The molecule has 0 aromatic carbocycles. The average Bonchev–Trinajstić information content (AvgIpc) is 2.69. The van der Waals surface area contributed by atoms with E-state index in [-0.39, 0.29) is 29.9 Å². The molecule has 2 amide bonds. The first-order valence-electron chi connectivity index (χ1n) is 7.59. The van der Waals surface area contributed by atoms with Crippen molar-refractivity contribution in [2.45, 2.75) is 71.5 Å². The number of rotatable bonds is 3. The lowest BCUT2D eigenvalue weighted by Crippen LogP contribution is -2.65. The van der Waals surface area contributed by atoms with Gasteiger partial charge in [-0.05, 0) is 38.0 Å². The molecule has 2 aliphatic rings. The van der Waals surface area contributed by atoms with Crippen molar-refractivity contribution in [1.82, 2.24) is 10.2 Å². The van der Waals surface area contributed by atoms with Gasteiger partial charge in [0.15, 0.2) is 0 Å². The number of hydrogen-bond donors (Lipinski definition) is 1. The van der Waals surface area contributed by atoms with Gasteiger partial charge >= 0.3 is 0 Å². The van der Waals surface area contributed by atoms with E-state index in [9.17, 15) is 9.59 Å². The summed E-state index contributed by atoms with van der Waals surface area (Å²) < 4.78 is 0. The van der Waals surface area contributed by atoms with E-state index >= 15 is 0 Å². The number of carbonyl (C=O) groups excluding carboxylic acids is 2. The Hall–Kier alpha value is -1.06. The normalized spacial score (nSPS) is 39.6. The van der Waals surface area contributed by atoms with Crippen molar-refractivity contribution in [2.24, 2.45) is 11.8 Å². The van der Waals surface area contributed by atoms with Crippen molar-refractivity contribution in [3.8, 4) is 0 Å². The molecule has 0 radical (unpaired) electrons. The number of nitrogens with zero attached hydrogens (tertiary/aromatic N) is 1. The number of piperazine rings is 1. The van der Waals surface area contributed by atoms with E-state index in [4.69, 9.17) is 0 Å². The van der Waals surface area contributed by atoms with E-state index in [0.717, 1.165) is 25.7 Å². The van der Waals surface area contributed by atoms with Gasteiger partial charge in [0.2, 0.25) is 11.8 Å². The molecule has 1 aliphatic heterocycles. The van der Waals surface area contributed by atoms with Crippen LogP contribution in [0.15, 0.2) is 0 Å². The first-order valence-corrected chi connectivity index (χ1v) is 7.59. The van der Waals surface area contributed by atoms with Gasteiger partial charge in [-0.25, -0.2) is 0 Å². The Labute approximate surface area is 115 Å². The highest BCUT2D eigenvalue weighted by Crippen LogP contribution is 2.36. The van der Waals surface area contributed by atoms with Crippen molar-refractivity contribution in [3.63, 3.8) is 0 Å². The minimum absolute atomic E-state index is 0.00445. The van der Waals surface area contributed by atoms with Gasteiger partial charge in [-0.3, -0.25) is 9.59 Å². The number of nitrogens with one attached hydrogen (secondary N) is 1. The SMILES string of the molecule is CCCC1NC(=O)C(C)N(C2CCC(C)C2C)C1=O. The van der Waals surface area contributed by atoms with E-state index in [1.54, 1.807) is 0 Å². The molecule has 1 heterocycles. The van der Waals surface area contributed by atoms with Gasteiger partial charge in [0, 0.05) is 6.04 Å². The molecule has 0 aromatic heterocycles. The summed E-state index contributed by atoms with van der Waals surface area (Å²) in [5, 5.41) is 2.87. The largest absolute Gasteiger partial charge is 0.343 e. The smallest absolute Gasteiger partial charge is 0.246 e. The first-order chi connectivity index (χ1) is 8.97. The Morgan fingerprint density at radius 3 is 2.42 bits per heavy atom. The molecular weight excluding hydrogens is 240 g/mol. The Bertz CT molecular complexity index is 369. The predicted octanol–water partition coefficient (Wildman–Crippen LogP) is 1.94. The molecule has 0 bridgehead atoms. The number of hydrogen-bond acceptors (Lipinski definition) is 2. The maximum Gasteiger partial charge on any atom is 0.246 e. The molecule has 1 saturated heterocycles. The molecule has 4 nitrogen and oxygen atoms in total. The van der Waals surface area contributed by atoms with Crippen LogP contribution < -0.4 is 5.32 Å². The van der Waals surface area contributed by atoms with Crippen LogP contribution >= 0.6 is 0 Å². The summed E-state index contributed by atoms with van der Waals surface area (Å²) in [5.74, 6) is 1.25. The molecule has 1 N–H and O–H groups in total. The molecule has 5 unspecified atom stereocenters. The van der Waals surface area contributed by atoms with E-state index in [0.29, 0.717) is 11.8 Å². The van der Waals surface area contributed by atoms with Crippen LogP contribution in [0.5, 0.6) is 0 Å². The van der Waals surface area contributed by atoms with Gasteiger partial charge < -0.3 is 10.2 Å². The Kier molecular flexibility index (Phi) is 4.16. The van der Waals surface area contributed by atoms with Crippen LogP contribution in [-0.4, -0.2) is 34.8 Å². The van der Waals surface area contributed by atoms with E-state index in [1.807, 2.05) is 18.7 Å². The minimum Gasteiger partial charge on any atom is -0.343 e. The summed E-state index contributed by atoms with van der Waals surface area (Å²) >= 11 is 0. The van der Waals surface area contributed by atoms with Crippen molar-refractivity contribution in [2.75, 3.05) is 0 Å². The fourth-order valence-corrected chi connectivity index (χ4v) is 3.52. The van der Waals surface area contributed by atoms with E-state index in [2.05, 4.69) is 19.2 Å². The zero-order valence-electron chi connectivity index (χ0n) is 12.5. The monoisotopic (exact) mass is 266 g/mol. The highest BCUT2D eigenvalue weighted by molar-refractivity contribution is 5.96. The van der Waals surface area contributed by atoms with E-state index < -0.39 is 0 Å². The highest BCUT2D eigenvalue weighted by Gasteiger charge is 2.45. The fraction of sp³-hybridized carbons (Fsp3) is 0.867. The van der Waals surface area contributed by atoms with Gasteiger partial charge in [0.1, 0.15) is 12.1 Å². The third-order valence-electron chi connectivity index (χ3n) is 5.02. The van der Waals surface area contributed by atoms with Crippen LogP contribution in [0.3, 0.4) is 0 Å². The Morgan fingerprint density at radius 1 is 1.21 bits per heavy atom. The molecule has 2 rings (SSSR count). The molecule has 5 atom stereocenters. The summed E-state index contributed by atoms with van der Waals surface area (Å²) in [6, 6.07) is -0.391. The summed E-state index contributed by atoms with van der Waals surface area (Å²) in [4.78, 5) is 26.6. The predicted molar refractivity (Wildman–Crippen MR) is 74.5 cm³/mol. The third-order valence-corrected chi connectivity index (χ3v) is 5.02. The minimum atomic E-state index is -0.321. The van der Waals surface area contributed by atoms with Crippen LogP contribution in [0.1, 0.15) is 53.4 Å². The lowest BCUT2D eigenvalue weighted by molar-refractivity contribution is -0.152. The third kappa shape index (κ3) is 2.49. The van der Waals surface area contributed by atoms with E-state index in [1.165, 1.54) is 0 Å². The van der Waals surface area contributed by atoms with Crippen molar-refractivity contribution in [3.05, 3.63) is 0 Å². The van der Waals surface area contributed by atoms with Crippen molar-refractivity contribution >= 4 is 11.8 Å². The van der Waals surface area contributed by atoms with Crippen LogP contribution in [0.4, 0.5) is 0 Å². The van der Waals surface area contributed by atoms with Gasteiger partial charge in [-0.1, -0.05) is 27.2 Å². The molecule has 0 aromatic rings. The second-order valence-corrected chi connectivity index (χ2v) is 6.25. The van der Waals surface area contributed by atoms with Crippen LogP contribution in [0.2, 0.25) is 0 Å². The van der Waals surface area contributed by atoms with Gasteiger partial charge in [0.05, 0.1) is 0 Å². The zero-order valence-corrected chi connectivity index (χ0v) is 12.5. The van der Waals surface area contributed by atoms with Gasteiger partial charge in [-0.2, -0.15) is 0 Å². The maximum absolute atomic E-state index is 12.6. The molecule has 2 fully saturated rings. The fourth-order valence-electron chi connectivity index (χ4n) is 3.52. The summed E-state index contributed by atoms with van der Waals surface area (Å²) in [6.07, 6.45) is 3.84. The average molecular weight is 266 g/mol. The molecule has 0 spiro atoms.